The first kappa shape index (κ1) is 15.3. The van der Waals surface area contributed by atoms with Crippen LogP contribution < -0.4 is 0 Å². The molecule has 0 bridgehead atoms. The molecule has 2 N–H and O–H groups in total. The van der Waals surface area contributed by atoms with Crippen molar-refractivity contribution in [3.8, 4) is 0 Å². The molecule has 0 saturated heterocycles. The van der Waals surface area contributed by atoms with E-state index in [9.17, 15) is 9.59 Å². The molecule has 2 heterocycles. The summed E-state index contributed by atoms with van der Waals surface area (Å²) in [5, 5.41) is 6.97. The summed E-state index contributed by atoms with van der Waals surface area (Å²) in [5.41, 5.74) is 2.13. The number of hydrogen-bond acceptors (Lipinski definition) is 6. The van der Waals surface area contributed by atoms with Crippen molar-refractivity contribution in [2.75, 3.05) is 12.4 Å². The molecule has 8 heteroatoms. The average molecular weight is 308 g/mol. The van der Waals surface area contributed by atoms with Crippen LogP contribution in [0.15, 0.2) is 11.5 Å². The number of aromatic nitrogens is 4. The van der Waals surface area contributed by atoms with E-state index < -0.39 is 5.97 Å². The second-order valence-electron chi connectivity index (χ2n) is 4.35. The Morgan fingerprint density at radius 2 is 2.14 bits per heavy atom. The highest BCUT2D eigenvalue weighted by atomic mass is 32.2. The van der Waals surface area contributed by atoms with E-state index in [2.05, 4.69) is 20.2 Å². The van der Waals surface area contributed by atoms with Crippen LogP contribution in [0.4, 0.5) is 0 Å². The van der Waals surface area contributed by atoms with Crippen LogP contribution >= 0.6 is 11.8 Å². The minimum absolute atomic E-state index is 0.104. The van der Waals surface area contributed by atoms with Gasteiger partial charge in [-0.05, 0) is 26.3 Å². The molecular weight excluding hydrogens is 292 g/mol. The zero-order valence-corrected chi connectivity index (χ0v) is 12.8. The lowest BCUT2D eigenvalue weighted by molar-refractivity contribution is 0.0525. The van der Waals surface area contributed by atoms with E-state index in [4.69, 9.17) is 4.74 Å². The lowest BCUT2D eigenvalue weighted by atomic mass is 10.1. The second kappa shape index (κ2) is 6.57. The zero-order valence-electron chi connectivity index (χ0n) is 12.0. The predicted octanol–water partition coefficient (Wildman–Crippen LogP) is 1.90. The first-order valence-corrected chi connectivity index (χ1v) is 7.40. The number of Topliss-reactive ketones (excluding diaryl/α,β-unsaturated/α-hetero) is 1. The number of aryl methyl sites for hydroxylation is 1. The summed E-state index contributed by atoms with van der Waals surface area (Å²) < 4.78 is 5.00. The molecule has 0 aromatic carbocycles. The van der Waals surface area contributed by atoms with Gasteiger partial charge in [0.1, 0.15) is 6.33 Å². The molecule has 0 fully saturated rings. The Labute approximate surface area is 125 Å². The summed E-state index contributed by atoms with van der Waals surface area (Å²) in [6.07, 6.45) is 1.38. The van der Waals surface area contributed by atoms with E-state index in [1.807, 2.05) is 0 Å². The van der Waals surface area contributed by atoms with Gasteiger partial charge in [-0.3, -0.25) is 9.89 Å². The first-order valence-electron chi connectivity index (χ1n) is 6.42. The van der Waals surface area contributed by atoms with Crippen molar-refractivity contribution < 1.29 is 14.3 Å². The quantitative estimate of drug-likeness (QED) is 0.480. The average Bonchev–Trinajstić information content (AvgIpc) is 3.04. The molecule has 2 aromatic heterocycles. The number of carbonyl (C=O) groups excluding carboxylic acids is 2. The van der Waals surface area contributed by atoms with Gasteiger partial charge in [-0.15, -0.1) is 0 Å². The van der Waals surface area contributed by atoms with Crippen molar-refractivity contribution in [2.45, 2.75) is 25.9 Å². The normalized spacial score (nSPS) is 10.6. The van der Waals surface area contributed by atoms with Gasteiger partial charge in [0.15, 0.2) is 10.9 Å². The number of thioether (sulfide) groups is 1. The molecule has 0 aliphatic heterocycles. The van der Waals surface area contributed by atoms with E-state index in [0.717, 1.165) is 0 Å². The van der Waals surface area contributed by atoms with E-state index in [-0.39, 0.29) is 11.5 Å². The third kappa shape index (κ3) is 3.33. The Balaban J connectivity index is 2.14. The highest BCUT2D eigenvalue weighted by Gasteiger charge is 2.22. The topological polar surface area (TPSA) is 101 Å². The van der Waals surface area contributed by atoms with E-state index in [1.165, 1.54) is 18.1 Å². The molecule has 0 radical (unpaired) electrons. The largest absolute Gasteiger partial charge is 0.462 e. The number of carbonyl (C=O) groups is 2. The lowest BCUT2D eigenvalue weighted by Crippen LogP contribution is -2.08. The fraction of sp³-hybridized carbons (Fsp3) is 0.385. The van der Waals surface area contributed by atoms with Crippen molar-refractivity contribution in [1.82, 2.24) is 20.2 Å². The van der Waals surface area contributed by atoms with Crippen molar-refractivity contribution >= 4 is 23.5 Å². The van der Waals surface area contributed by atoms with Crippen LogP contribution in [0.2, 0.25) is 0 Å². The van der Waals surface area contributed by atoms with Crippen LogP contribution in [-0.4, -0.2) is 44.3 Å². The van der Waals surface area contributed by atoms with Crippen LogP contribution in [0.3, 0.4) is 0 Å². The van der Waals surface area contributed by atoms with Gasteiger partial charge in [0.25, 0.3) is 0 Å². The van der Waals surface area contributed by atoms with Gasteiger partial charge in [0, 0.05) is 5.69 Å². The molecule has 0 aliphatic rings. The van der Waals surface area contributed by atoms with Crippen LogP contribution in [0, 0.1) is 13.8 Å². The Hall–Kier alpha value is -2.09. The molecule has 2 aromatic rings. The number of ether oxygens (including phenoxy) is 1. The Kier molecular flexibility index (Phi) is 4.79. The van der Waals surface area contributed by atoms with Crippen LogP contribution in [-0.2, 0) is 4.74 Å². The van der Waals surface area contributed by atoms with Crippen molar-refractivity contribution in [3.63, 3.8) is 0 Å². The van der Waals surface area contributed by atoms with E-state index in [1.54, 1.807) is 20.8 Å². The highest BCUT2D eigenvalue weighted by molar-refractivity contribution is 7.99. The van der Waals surface area contributed by atoms with Gasteiger partial charge in [-0.1, -0.05) is 11.8 Å². The fourth-order valence-electron chi connectivity index (χ4n) is 2.01. The smallest absolute Gasteiger partial charge is 0.340 e. The molecule has 0 spiro atoms. The Morgan fingerprint density at radius 3 is 2.76 bits per heavy atom. The van der Waals surface area contributed by atoms with Crippen LogP contribution in [0.25, 0.3) is 0 Å². The minimum atomic E-state index is -0.411. The third-order valence-corrected chi connectivity index (χ3v) is 3.81. The number of H-pyrrole nitrogens is 2. The molecule has 0 unspecified atom stereocenters. The van der Waals surface area contributed by atoms with Crippen molar-refractivity contribution in [3.05, 3.63) is 28.8 Å². The SMILES string of the molecule is CCOC(=O)c1c(C)[nH]c(C(=O)CSc2ncn[nH]2)c1C. The standard InChI is InChI=1S/C13H16N4O3S/c1-4-20-12(19)10-7(2)11(16-8(10)3)9(18)5-21-13-14-6-15-17-13/h6,16H,4-5H2,1-3H3,(H,14,15,17). The van der Waals surface area contributed by atoms with Gasteiger partial charge in [-0.2, -0.15) is 5.10 Å². The minimum Gasteiger partial charge on any atom is -0.462 e. The van der Waals surface area contributed by atoms with Gasteiger partial charge < -0.3 is 9.72 Å². The lowest BCUT2D eigenvalue weighted by Gasteiger charge is -2.02. The predicted molar refractivity (Wildman–Crippen MR) is 77.7 cm³/mol. The summed E-state index contributed by atoms with van der Waals surface area (Å²) in [5.74, 6) is -0.309. The molecule has 0 aliphatic carbocycles. The van der Waals surface area contributed by atoms with Gasteiger partial charge in [0.05, 0.1) is 23.6 Å². The molecule has 0 saturated carbocycles. The Morgan fingerprint density at radius 1 is 1.38 bits per heavy atom. The number of ketones is 1. The number of esters is 1. The number of aromatic amines is 2. The number of nitrogens with one attached hydrogen (secondary N) is 2. The van der Waals surface area contributed by atoms with Gasteiger partial charge in [0.2, 0.25) is 0 Å². The van der Waals surface area contributed by atoms with Crippen molar-refractivity contribution in [2.24, 2.45) is 0 Å². The fourth-order valence-corrected chi connectivity index (χ4v) is 2.66. The first-order chi connectivity index (χ1) is 10.0. The highest BCUT2D eigenvalue weighted by Crippen LogP contribution is 2.21. The van der Waals surface area contributed by atoms with Gasteiger partial charge >= 0.3 is 5.97 Å². The number of rotatable bonds is 6. The van der Waals surface area contributed by atoms with Gasteiger partial charge in [-0.25, -0.2) is 9.78 Å². The maximum atomic E-state index is 12.2. The number of nitrogens with zero attached hydrogens (tertiary/aromatic N) is 2. The maximum absolute atomic E-state index is 12.2. The van der Waals surface area contributed by atoms with E-state index >= 15 is 0 Å². The molecule has 7 nitrogen and oxygen atoms in total. The molecule has 21 heavy (non-hydrogen) atoms. The summed E-state index contributed by atoms with van der Waals surface area (Å²) in [6, 6.07) is 0. The Bertz CT molecular complexity index is 649. The summed E-state index contributed by atoms with van der Waals surface area (Å²) in [6.45, 7) is 5.53. The van der Waals surface area contributed by atoms with Crippen LogP contribution in [0.1, 0.15) is 39.0 Å². The van der Waals surface area contributed by atoms with E-state index in [0.29, 0.717) is 34.3 Å². The summed E-state index contributed by atoms with van der Waals surface area (Å²) in [4.78, 5) is 31.0. The molecule has 0 atom stereocenters. The summed E-state index contributed by atoms with van der Waals surface area (Å²) >= 11 is 1.26. The monoisotopic (exact) mass is 308 g/mol. The molecule has 112 valence electrons. The molecule has 0 amide bonds. The third-order valence-electron chi connectivity index (χ3n) is 2.93. The second-order valence-corrected chi connectivity index (χ2v) is 5.31. The summed E-state index contributed by atoms with van der Waals surface area (Å²) in [7, 11) is 0. The molecular formula is C13H16N4O3S. The van der Waals surface area contributed by atoms with Crippen molar-refractivity contribution in [1.29, 1.82) is 0 Å². The van der Waals surface area contributed by atoms with Crippen LogP contribution in [0.5, 0.6) is 0 Å². The zero-order chi connectivity index (χ0) is 15.4. The number of hydrogen-bond donors (Lipinski definition) is 2. The maximum Gasteiger partial charge on any atom is 0.340 e. The molecule has 2 rings (SSSR count).